The number of hydrogen-bond donors (Lipinski definition) is 0. The van der Waals surface area contributed by atoms with Crippen molar-refractivity contribution in [2.75, 3.05) is 0 Å². The van der Waals surface area contributed by atoms with Gasteiger partial charge in [-0.05, 0) is 24.3 Å². The van der Waals surface area contributed by atoms with Crippen LogP contribution in [0.2, 0.25) is 10.0 Å². The van der Waals surface area contributed by atoms with Crippen molar-refractivity contribution >= 4 is 34.9 Å². The molecule has 0 amide bonds. The lowest BCUT2D eigenvalue weighted by Crippen LogP contribution is -1.87. The van der Waals surface area contributed by atoms with Crippen LogP contribution in [0, 0.1) is 17.1 Å². The highest BCUT2D eigenvalue weighted by molar-refractivity contribution is 6.33. The second kappa shape index (κ2) is 5.88. The average Bonchev–Trinajstić information content (AvgIpc) is 2.40. The molecule has 0 saturated heterocycles. The SMILES string of the molecule is N#CC(=Cc1c(F)cccc1Cl)c1ccccc1Cl. The molecule has 0 aliphatic rings. The highest BCUT2D eigenvalue weighted by Gasteiger charge is 2.09. The van der Waals surface area contributed by atoms with Gasteiger partial charge in [0.1, 0.15) is 5.82 Å². The first kappa shape index (κ1) is 13.6. The number of halogens is 3. The van der Waals surface area contributed by atoms with Crippen LogP contribution in [0.5, 0.6) is 0 Å². The van der Waals surface area contributed by atoms with Gasteiger partial charge in [-0.2, -0.15) is 5.26 Å². The van der Waals surface area contributed by atoms with Crippen LogP contribution in [0.15, 0.2) is 42.5 Å². The molecule has 2 rings (SSSR count). The van der Waals surface area contributed by atoms with E-state index in [0.717, 1.165) is 0 Å². The van der Waals surface area contributed by atoms with E-state index in [1.54, 1.807) is 30.3 Å². The predicted octanol–water partition coefficient (Wildman–Crippen LogP) is 5.20. The van der Waals surface area contributed by atoms with Crippen molar-refractivity contribution in [2.45, 2.75) is 0 Å². The van der Waals surface area contributed by atoms with Crippen molar-refractivity contribution < 1.29 is 4.39 Å². The Kier molecular flexibility index (Phi) is 4.21. The summed E-state index contributed by atoms with van der Waals surface area (Å²) in [5, 5.41) is 9.89. The fourth-order valence-corrected chi connectivity index (χ4v) is 2.10. The molecular formula is C15H8Cl2FN. The summed E-state index contributed by atoms with van der Waals surface area (Å²) in [5.74, 6) is -0.479. The maximum Gasteiger partial charge on any atom is 0.131 e. The van der Waals surface area contributed by atoms with E-state index in [9.17, 15) is 9.65 Å². The summed E-state index contributed by atoms with van der Waals surface area (Å²) in [4.78, 5) is 0. The van der Waals surface area contributed by atoms with E-state index in [4.69, 9.17) is 23.2 Å². The summed E-state index contributed by atoms with van der Waals surface area (Å²) in [7, 11) is 0. The number of allylic oxidation sites excluding steroid dienone is 1. The Hall–Kier alpha value is -1.82. The summed E-state index contributed by atoms with van der Waals surface area (Å²) in [5.41, 5.74) is 0.990. The monoisotopic (exact) mass is 291 g/mol. The van der Waals surface area contributed by atoms with Gasteiger partial charge in [0.15, 0.2) is 0 Å². The van der Waals surface area contributed by atoms with E-state index in [1.165, 1.54) is 18.2 Å². The molecule has 2 aromatic carbocycles. The molecule has 0 unspecified atom stereocenters. The largest absolute Gasteiger partial charge is 0.206 e. The third-order valence-electron chi connectivity index (χ3n) is 2.57. The van der Waals surface area contributed by atoms with Crippen molar-refractivity contribution in [1.82, 2.24) is 0 Å². The molecule has 19 heavy (non-hydrogen) atoms. The molecule has 0 aliphatic heterocycles. The number of nitriles is 1. The van der Waals surface area contributed by atoms with Gasteiger partial charge in [0.25, 0.3) is 0 Å². The Morgan fingerprint density at radius 3 is 2.37 bits per heavy atom. The van der Waals surface area contributed by atoms with E-state index in [1.807, 2.05) is 6.07 Å². The topological polar surface area (TPSA) is 23.8 Å². The maximum atomic E-state index is 13.7. The molecular weight excluding hydrogens is 284 g/mol. The van der Waals surface area contributed by atoms with E-state index in [2.05, 4.69) is 0 Å². The number of benzene rings is 2. The zero-order valence-electron chi connectivity index (χ0n) is 9.70. The molecule has 0 atom stereocenters. The van der Waals surface area contributed by atoms with Crippen LogP contribution in [0.25, 0.3) is 11.6 Å². The molecule has 4 heteroatoms. The Morgan fingerprint density at radius 1 is 1.05 bits per heavy atom. The lowest BCUT2D eigenvalue weighted by Gasteiger charge is -2.04. The first-order chi connectivity index (χ1) is 9.13. The van der Waals surface area contributed by atoms with Gasteiger partial charge in [0, 0.05) is 16.1 Å². The van der Waals surface area contributed by atoms with Crippen LogP contribution in [-0.2, 0) is 0 Å². The van der Waals surface area contributed by atoms with Gasteiger partial charge in [0.05, 0.1) is 16.7 Å². The summed E-state index contributed by atoms with van der Waals surface area (Å²) in [6.45, 7) is 0. The number of rotatable bonds is 2. The zero-order chi connectivity index (χ0) is 13.8. The van der Waals surface area contributed by atoms with Crippen LogP contribution >= 0.6 is 23.2 Å². The third kappa shape index (κ3) is 2.96. The van der Waals surface area contributed by atoms with Crippen molar-refractivity contribution in [1.29, 1.82) is 5.26 Å². The lowest BCUT2D eigenvalue weighted by atomic mass is 10.0. The second-order valence-electron chi connectivity index (χ2n) is 3.78. The minimum atomic E-state index is -0.479. The Morgan fingerprint density at radius 2 is 1.74 bits per heavy atom. The van der Waals surface area contributed by atoms with Crippen LogP contribution in [0.1, 0.15) is 11.1 Å². The van der Waals surface area contributed by atoms with Gasteiger partial charge in [-0.25, -0.2) is 4.39 Å². The van der Waals surface area contributed by atoms with Gasteiger partial charge in [-0.3, -0.25) is 0 Å². The Labute approximate surface area is 120 Å². The van der Waals surface area contributed by atoms with Crippen molar-refractivity contribution in [3.8, 4) is 6.07 Å². The molecule has 0 radical (unpaired) electrons. The Balaban J connectivity index is 2.58. The number of hydrogen-bond acceptors (Lipinski definition) is 1. The van der Waals surface area contributed by atoms with Crippen LogP contribution in [-0.4, -0.2) is 0 Å². The Bertz CT molecular complexity index is 667. The van der Waals surface area contributed by atoms with E-state index in [0.29, 0.717) is 10.6 Å². The average molecular weight is 292 g/mol. The van der Waals surface area contributed by atoms with Crippen molar-refractivity contribution in [3.63, 3.8) is 0 Å². The molecule has 0 aromatic heterocycles. The first-order valence-corrected chi connectivity index (χ1v) is 6.20. The molecule has 94 valence electrons. The smallest absolute Gasteiger partial charge is 0.131 e. The van der Waals surface area contributed by atoms with Crippen molar-refractivity contribution in [2.24, 2.45) is 0 Å². The lowest BCUT2D eigenvalue weighted by molar-refractivity contribution is 0.625. The van der Waals surface area contributed by atoms with Gasteiger partial charge < -0.3 is 0 Å². The molecule has 2 aromatic rings. The van der Waals surface area contributed by atoms with Crippen molar-refractivity contribution in [3.05, 3.63) is 69.5 Å². The molecule has 0 saturated carbocycles. The first-order valence-electron chi connectivity index (χ1n) is 5.44. The third-order valence-corrected chi connectivity index (χ3v) is 3.23. The molecule has 1 nitrogen and oxygen atoms in total. The van der Waals surface area contributed by atoms with Crippen LogP contribution in [0.3, 0.4) is 0 Å². The quantitative estimate of drug-likeness (QED) is 0.551. The summed E-state index contributed by atoms with van der Waals surface area (Å²) in [6, 6.07) is 13.3. The fraction of sp³-hybridized carbons (Fsp3) is 0. The highest BCUT2D eigenvalue weighted by Crippen LogP contribution is 2.28. The molecule has 0 fully saturated rings. The standard InChI is InChI=1S/C15H8Cl2FN/c16-13-5-2-1-4-11(13)10(9-19)8-12-14(17)6-3-7-15(12)18/h1-8H. The number of nitrogens with zero attached hydrogens (tertiary/aromatic N) is 1. The molecule has 0 N–H and O–H groups in total. The minimum absolute atomic E-state index is 0.181. The van der Waals surface area contributed by atoms with Gasteiger partial charge >= 0.3 is 0 Å². The summed E-state index contributed by atoms with van der Waals surface area (Å²) in [6.07, 6.45) is 1.40. The molecule has 0 spiro atoms. The maximum absolute atomic E-state index is 13.7. The van der Waals surface area contributed by atoms with Crippen LogP contribution < -0.4 is 0 Å². The van der Waals surface area contributed by atoms with E-state index < -0.39 is 5.82 Å². The van der Waals surface area contributed by atoms with Gasteiger partial charge in [0.2, 0.25) is 0 Å². The van der Waals surface area contributed by atoms with Crippen LogP contribution in [0.4, 0.5) is 4.39 Å². The molecule has 0 bridgehead atoms. The van der Waals surface area contributed by atoms with E-state index in [-0.39, 0.29) is 16.2 Å². The fourth-order valence-electron chi connectivity index (χ4n) is 1.64. The normalized spacial score (nSPS) is 11.2. The highest BCUT2D eigenvalue weighted by atomic mass is 35.5. The second-order valence-corrected chi connectivity index (χ2v) is 4.60. The predicted molar refractivity (Wildman–Crippen MR) is 76.3 cm³/mol. The zero-order valence-corrected chi connectivity index (χ0v) is 11.2. The summed E-state index contributed by atoms with van der Waals surface area (Å²) < 4.78 is 13.7. The summed E-state index contributed by atoms with van der Waals surface area (Å²) >= 11 is 12.0. The minimum Gasteiger partial charge on any atom is -0.206 e. The van der Waals surface area contributed by atoms with Gasteiger partial charge in [-0.1, -0.05) is 47.5 Å². The van der Waals surface area contributed by atoms with Gasteiger partial charge in [-0.15, -0.1) is 0 Å². The van der Waals surface area contributed by atoms with E-state index >= 15 is 0 Å². The molecule has 0 heterocycles. The molecule has 0 aliphatic carbocycles.